The van der Waals surface area contributed by atoms with Crippen molar-refractivity contribution in [3.05, 3.63) is 48.7 Å². The number of pyridine rings is 2. The van der Waals surface area contributed by atoms with Gasteiger partial charge in [-0.15, -0.1) is 16.4 Å². The summed E-state index contributed by atoms with van der Waals surface area (Å²) in [6.07, 6.45) is 8.68. The van der Waals surface area contributed by atoms with E-state index in [-0.39, 0.29) is 6.04 Å². The van der Waals surface area contributed by atoms with Crippen LogP contribution >= 0.6 is 11.3 Å². The standard InChI is InChI=1S/C22H26N6OS/c1-14(2)25-20-17-10-19(15-6-5-9-23-11-15)30-21(17)24-12-18(20)28-13-16(26-27-28)7-8-22(3,4)29/h5-6,9-14,29H,7-8H2,1-4H3,(H,24,25). The summed E-state index contributed by atoms with van der Waals surface area (Å²) in [6.45, 7) is 7.83. The molecule has 4 heterocycles. The summed E-state index contributed by atoms with van der Waals surface area (Å²) in [4.78, 5) is 11.0. The van der Waals surface area contributed by atoms with Crippen LogP contribution in [0.1, 0.15) is 39.8 Å². The molecular weight excluding hydrogens is 396 g/mol. The van der Waals surface area contributed by atoms with E-state index in [4.69, 9.17) is 4.98 Å². The number of hydrogen-bond donors (Lipinski definition) is 2. The van der Waals surface area contributed by atoms with Gasteiger partial charge in [-0.25, -0.2) is 9.67 Å². The first-order valence-electron chi connectivity index (χ1n) is 10.0. The monoisotopic (exact) mass is 422 g/mol. The van der Waals surface area contributed by atoms with Gasteiger partial charge >= 0.3 is 0 Å². The van der Waals surface area contributed by atoms with Crippen LogP contribution in [0.3, 0.4) is 0 Å². The average Bonchev–Trinajstić information content (AvgIpc) is 3.34. The molecule has 0 aliphatic carbocycles. The molecule has 4 rings (SSSR count). The second-order valence-electron chi connectivity index (χ2n) is 8.36. The molecule has 156 valence electrons. The van der Waals surface area contributed by atoms with E-state index in [0.717, 1.165) is 37.7 Å². The Morgan fingerprint density at radius 2 is 2.10 bits per heavy atom. The summed E-state index contributed by atoms with van der Waals surface area (Å²) < 4.78 is 1.76. The summed E-state index contributed by atoms with van der Waals surface area (Å²) in [5, 5.41) is 23.2. The fourth-order valence-electron chi connectivity index (χ4n) is 3.21. The van der Waals surface area contributed by atoms with Crippen LogP contribution < -0.4 is 5.32 Å². The molecule has 4 aromatic heterocycles. The second kappa shape index (κ2) is 8.12. The molecule has 0 amide bonds. The number of nitrogens with zero attached hydrogens (tertiary/aromatic N) is 5. The molecule has 0 bridgehead atoms. The van der Waals surface area contributed by atoms with Crippen LogP contribution in [0.2, 0.25) is 0 Å². The van der Waals surface area contributed by atoms with E-state index in [1.165, 1.54) is 0 Å². The largest absolute Gasteiger partial charge is 0.390 e. The topological polar surface area (TPSA) is 88.8 Å². The number of aryl methyl sites for hydroxylation is 1. The first-order chi connectivity index (χ1) is 14.3. The summed E-state index contributed by atoms with van der Waals surface area (Å²) in [6, 6.07) is 6.40. The van der Waals surface area contributed by atoms with E-state index < -0.39 is 5.60 Å². The summed E-state index contributed by atoms with van der Waals surface area (Å²) in [7, 11) is 0. The Morgan fingerprint density at radius 3 is 2.80 bits per heavy atom. The van der Waals surface area contributed by atoms with Crippen molar-refractivity contribution in [2.75, 3.05) is 5.32 Å². The van der Waals surface area contributed by atoms with Crippen LogP contribution in [-0.4, -0.2) is 41.7 Å². The van der Waals surface area contributed by atoms with E-state index in [0.29, 0.717) is 12.8 Å². The van der Waals surface area contributed by atoms with Crippen LogP contribution in [0.15, 0.2) is 43.0 Å². The van der Waals surface area contributed by atoms with Gasteiger partial charge in [-0.1, -0.05) is 11.3 Å². The van der Waals surface area contributed by atoms with Gasteiger partial charge in [-0.05, 0) is 52.7 Å². The Morgan fingerprint density at radius 1 is 1.27 bits per heavy atom. The maximum Gasteiger partial charge on any atom is 0.126 e. The van der Waals surface area contributed by atoms with Crippen molar-refractivity contribution in [3.63, 3.8) is 0 Å². The Hall–Kier alpha value is -2.84. The number of thiophene rings is 1. The summed E-state index contributed by atoms with van der Waals surface area (Å²) in [5.41, 5.74) is 3.03. The van der Waals surface area contributed by atoms with Gasteiger partial charge in [0.25, 0.3) is 0 Å². The maximum atomic E-state index is 9.98. The van der Waals surface area contributed by atoms with E-state index in [1.807, 2.05) is 24.7 Å². The van der Waals surface area contributed by atoms with E-state index in [9.17, 15) is 5.11 Å². The number of fused-ring (bicyclic) bond motifs is 1. The number of aliphatic hydroxyl groups is 1. The fraction of sp³-hybridized carbons (Fsp3) is 0.364. The molecule has 0 saturated heterocycles. The molecule has 0 saturated carbocycles. The highest BCUT2D eigenvalue weighted by Crippen LogP contribution is 2.38. The third kappa shape index (κ3) is 4.49. The molecule has 0 aromatic carbocycles. The lowest BCUT2D eigenvalue weighted by molar-refractivity contribution is 0.0711. The first kappa shape index (κ1) is 20.4. The van der Waals surface area contributed by atoms with E-state index in [1.54, 1.807) is 36.1 Å². The van der Waals surface area contributed by atoms with Crippen molar-refractivity contribution in [1.82, 2.24) is 25.0 Å². The molecule has 0 aliphatic heterocycles. The third-order valence-electron chi connectivity index (χ3n) is 4.70. The minimum Gasteiger partial charge on any atom is -0.390 e. The SMILES string of the molecule is CC(C)Nc1c(-n2cc(CCC(C)(C)O)nn2)cnc2sc(-c3cccnc3)cc12. The van der Waals surface area contributed by atoms with Gasteiger partial charge < -0.3 is 10.4 Å². The second-order valence-corrected chi connectivity index (χ2v) is 9.39. The lowest BCUT2D eigenvalue weighted by Gasteiger charge is -2.15. The van der Waals surface area contributed by atoms with Crippen molar-refractivity contribution < 1.29 is 5.11 Å². The molecule has 4 aromatic rings. The van der Waals surface area contributed by atoms with Crippen LogP contribution in [0.4, 0.5) is 5.69 Å². The minimum atomic E-state index is -0.728. The Kier molecular flexibility index (Phi) is 5.53. The molecule has 7 nitrogen and oxygen atoms in total. The molecule has 0 aliphatic rings. The van der Waals surface area contributed by atoms with Gasteiger partial charge in [0.1, 0.15) is 10.5 Å². The Bertz CT molecular complexity index is 1140. The normalized spacial score (nSPS) is 12.1. The van der Waals surface area contributed by atoms with Gasteiger partial charge in [0, 0.05) is 34.3 Å². The van der Waals surface area contributed by atoms with Crippen molar-refractivity contribution in [2.45, 2.75) is 52.2 Å². The van der Waals surface area contributed by atoms with E-state index in [2.05, 4.69) is 46.6 Å². The Labute approximate surface area is 179 Å². The lowest BCUT2D eigenvalue weighted by atomic mass is 10.0. The molecule has 8 heteroatoms. The molecule has 0 atom stereocenters. The van der Waals surface area contributed by atoms with Crippen LogP contribution in [0.25, 0.3) is 26.3 Å². The summed E-state index contributed by atoms with van der Waals surface area (Å²) >= 11 is 1.65. The predicted molar refractivity (Wildman–Crippen MR) is 121 cm³/mol. The maximum absolute atomic E-state index is 9.98. The van der Waals surface area contributed by atoms with Gasteiger partial charge in [0.15, 0.2) is 0 Å². The number of aromatic nitrogens is 5. The molecule has 0 unspecified atom stereocenters. The smallest absolute Gasteiger partial charge is 0.126 e. The number of anilines is 1. The van der Waals surface area contributed by atoms with Gasteiger partial charge in [0.2, 0.25) is 0 Å². The number of hydrogen-bond acceptors (Lipinski definition) is 7. The minimum absolute atomic E-state index is 0.245. The number of rotatable bonds is 7. The predicted octanol–water partition coefficient (Wildman–Crippen LogP) is 4.46. The molecule has 0 radical (unpaired) electrons. The molecule has 30 heavy (non-hydrogen) atoms. The molecule has 2 N–H and O–H groups in total. The highest BCUT2D eigenvalue weighted by molar-refractivity contribution is 7.21. The lowest BCUT2D eigenvalue weighted by Crippen LogP contribution is -2.19. The van der Waals surface area contributed by atoms with Crippen LogP contribution in [-0.2, 0) is 6.42 Å². The van der Waals surface area contributed by atoms with Crippen molar-refractivity contribution in [1.29, 1.82) is 0 Å². The summed E-state index contributed by atoms with van der Waals surface area (Å²) in [5.74, 6) is 0. The molecular formula is C22H26N6OS. The highest BCUT2D eigenvalue weighted by Gasteiger charge is 2.18. The van der Waals surface area contributed by atoms with Gasteiger partial charge in [-0.2, -0.15) is 0 Å². The quantitative estimate of drug-likeness (QED) is 0.457. The number of nitrogens with one attached hydrogen (secondary N) is 1. The van der Waals surface area contributed by atoms with Gasteiger partial charge in [-0.3, -0.25) is 4.98 Å². The van der Waals surface area contributed by atoms with Crippen molar-refractivity contribution >= 4 is 27.2 Å². The van der Waals surface area contributed by atoms with Crippen LogP contribution in [0, 0.1) is 0 Å². The zero-order chi connectivity index (χ0) is 21.3. The Balaban J connectivity index is 1.75. The fourth-order valence-corrected chi connectivity index (χ4v) is 4.21. The molecule has 0 spiro atoms. The average molecular weight is 423 g/mol. The first-order valence-corrected chi connectivity index (χ1v) is 10.9. The zero-order valence-electron chi connectivity index (χ0n) is 17.6. The van der Waals surface area contributed by atoms with Crippen LogP contribution in [0.5, 0.6) is 0 Å². The van der Waals surface area contributed by atoms with Crippen molar-refractivity contribution in [2.24, 2.45) is 0 Å². The van der Waals surface area contributed by atoms with E-state index >= 15 is 0 Å². The van der Waals surface area contributed by atoms with Gasteiger partial charge in [0.05, 0.1) is 29.4 Å². The van der Waals surface area contributed by atoms with Crippen molar-refractivity contribution in [3.8, 4) is 16.1 Å². The highest BCUT2D eigenvalue weighted by atomic mass is 32.1. The third-order valence-corrected chi connectivity index (χ3v) is 5.79. The molecule has 0 fully saturated rings. The zero-order valence-corrected chi connectivity index (χ0v) is 18.4.